The van der Waals surface area contributed by atoms with Gasteiger partial charge in [-0.3, -0.25) is 0 Å². The molecule has 1 N–H and O–H groups in total. The van der Waals surface area contributed by atoms with E-state index in [0.717, 1.165) is 30.0 Å². The Morgan fingerprint density at radius 2 is 1.87 bits per heavy atom. The number of nitrogens with one attached hydrogen (secondary N) is 1. The highest BCUT2D eigenvalue weighted by Crippen LogP contribution is 2.33. The van der Waals surface area contributed by atoms with Crippen molar-refractivity contribution in [1.29, 1.82) is 0 Å². The summed E-state index contributed by atoms with van der Waals surface area (Å²) < 4.78 is 36.8. The van der Waals surface area contributed by atoms with Gasteiger partial charge < -0.3 is 5.32 Å². The van der Waals surface area contributed by atoms with Gasteiger partial charge in [-0.25, -0.2) is 0 Å². The highest BCUT2D eigenvalue weighted by Gasteiger charge is 2.30. The fourth-order valence-electron chi connectivity index (χ4n) is 1.49. The van der Waals surface area contributed by atoms with Crippen molar-refractivity contribution >= 4 is 11.8 Å². The molecule has 1 aromatic carbocycles. The summed E-state index contributed by atoms with van der Waals surface area (Å²) in [4.78, 5) is 0. The van der Waals surface area contributed by atoms with Gasteiger partial charge in [-0.15, -0.1) is 11.8 Å². The summed E-state index contributed by atoms with van der Waals surface area (Å²) in [5.74, 6) is 1.01. The van der Waals surface area contributed by atoms with Gasteiger partial charge in [0.2, 0.25) is 0 Å². The molecule has 1 heterocycles. The number of rotatable bonds is 1. The Kier molecular flexibility index (Phi) is 2.93. The Morgan fingerprint density at radius 3 is 2.33 bits per heavy atom. The van der Waals surface area contributed by atoms with E-state index in [2.05, 4.69) is 5.32 Å². The number of thioether (sulfide) groups is 1. The SMILES string of the molecule is FC(F)(F)c1ccc([C@@H]2NCCS2)cc1. The van der Waals surface area contributed by atoms with Crippen molar-refractivity contribution in [3.8, 4) is 0 Å². The minimum Gasteiger partial charge on any atom is -0.301 e. The van der Waals surface area contributed by atoms with Gasteiger partial charge in [0.15, 0.2) is 0 Å². The van der Waals surface area contributed by atoms with Crippen LogP contribution in [-0.4, -0.2) is 12.3 Å². The van der Waals surface area contributed by atoms with Crippen molar-refractivity contribution in [3.05, 3.63) is 35.4 Å². The first-order valence-corrected chi connectivity index (χ1v) is 5.64. The van der Waals surface area contributed by atoms with Gasteiger partial charge in [-0.05, 0) is 17.7 Å². The topological polar surface area (TPSA) is 12.0 Å². The van der Waals surface area contributed by atoms with E-state index in [-0.39, 0.29) is 5.37 Å². The van der Waals surface area contributed by atoms with Crippen molar-refractivity contribution in [1.82, 2.24) is 5.32 Å². The van der Waals surface area contributed by atoms with Gasteiger partial charge in [0, 0.05) is 12.3 Å². The molecule has 0 spiro atoms. The molecule has 0 saturated carbocycles. The first-order chi connectivity index (χ1) is 7.07. The molecule has 15 heavy (non-hydrogen) atoms. The monoisotopic (exact) mass is 233 g/mol. The lowest BCUT2D eigenvalue weighted by molar-refractivity contribution is -0.137. The maximum absolute atomic E-state index is 12.3. The van der Waals surface area contributed by atoms with Crippen molar-refractivity contribution in [3.63, 3.8) is 0 Å². The van der Waals surface area contributed by atoms with E-state index in [1.807, 2.05) is 0 Å². The first-order valence-electron chi connectivity index (χ1n) is 4.59. The van der Waals surface area contributed by atoms with E-state index in [1.54, 1.807) is 23.9 Å². The fourth-order valence-corrected chi connectivity index (χ4v) is 2.54. The van der Waals surface area contributed by atoms with Crippen LogP contribution in [0, 0.1) is 0 Å². The minimum absolute atomic E-state index is 0.146. The Bertz CT molecular complexity index is 328. The van der Waals surface area contributed by atoms with Crippen LogP contribution in [0.25, 0.3) is 0 Å². The molecule has 1 fully saturated rings. The summed E-state index contributed by atoms with van der Waals surface area (Å²) in [6.07, 6.45) is -4.24. The van der Waals surface area contributed by atoms with Crippen LogP contribution in [-0.2, 0) is 6.18 Å². The smallest absolute Gasteiger partial charge is 0.301 e. The lowest BCUT2D eigenvalue weighted by atomic mass is 10.1. The molecule has 0 aromatic heterocycles. The van der Waals surface area contributed by atoms with Crippen LogP contribution in [0.5, 0.6) is 0 Å². The molecule has 0 amide bonds. The number of benzene rings is 1. The van der Waals surface area contributed by atoms with Gasteiger partial charge in [-0.1, -0.05) is 12.1 Å². The first kappa shape index (κ1) is 10.8. The zero-order valence-electron chi connectivity index (χ0n) is 7.84. The van der Waals surface area contributed by atoms with Crippen LogP contribution in [0.4, 0.5) is 13.2 Å². The van der Waals surface area contributed by atoms with E-state index >= 15 is 0 Å². The van der Waals surface area contributed by atoms with Gasteiger partial charge in [0.25, 0.3) is 0 Å². The molecular formula is C10H10F3NS. The van der Waals surface area contributed by atoms with Gasteiger partial charge in [-0.2, -0.15) is 13.2 Å². The predicted molar refractivity (Wildman–Crippen MR) is 54.6 cm³/mol. The second-order valence-electron chi connectivity index (χ2n) is 3.32. The van der Waals surface area contributed by atoms with Crippen molar-refractivity contribution in [2.45, 2.75) is 11.6 Å². The minimum atomic E-state index is -4.24. The Labute approximate surface area is 90.1 Å². The molecule has 1 aliphatic rings. The molecule has 1 nitrogen and oxygen atoms in total. The highest BCUT2D eigenvalue weighted by molar-refractivity contribution is 7.99. The second kappa shape index (κ2) is 4.06. The van der Waals surface area contributed by atoms with Crippen molar-refractivity contribution < 1.29 is 13.2 Å². The number of hydrogen-bond donors (Lipinski definition) is 1. The maximum atomic E-state index is 12.3. The molecule has 82 valence electrons. The van der Waals surface area contributed by atoms with E-state index < -0.39 is 11.7 Å². The normalized spacial score (nSPS) is 21.9. The van der Waals surface area contributed by atoms with Crippen molar-refractivity contribution in [2.75, 3.05) is 12.3 Å². The number of hydrogen-bond acceptors (Lipinski definition) is 2. The third-order valence-electron chi connectivity index (χ3n) is 2.26. The zero-order chi connectivity index (χ0) is 10.9. The van der Waals surface area contributed by atoms with Gasteiger partial charge in [0.05, 0.1) is 10.9 Å². The Morgan fingerprint density at radius 1 is 1.20 bits per heavy atom. The molecule has 0 aliphatic carbocycles. The molecule has 2 rings (SSSR count). The fraction of sp³-hybridized carbons (Fsp3) is 0.400. The molecule has 5 heteroatoms. The average Bonchev–Trinajstić information content (AvgIpc) is 2.69. The van der Waals surface area contributed by atoms with Gasteiger partial charge >= 0.3 is 6.18 Å². The standard InChI is InChI=1S/C10H10F3NS/c11-10(12,13)8-3-1-7(2-4-8)9-14-5-6-15-9/h1-4,9,14H,5-6H2/t9-/m1/s1. The zero-order valence-corrected chi connectivity index (χ0v) is 8.66. The van der Waals surface area contributed by atoms with Crippen LogP contribution in [0.1, 0.15) is 16.5 Å². The van der Waals surface area contributed by atoms with Crippen LogP contribution in [0.2, 0.25) is 0 Å². The summed E-state index contributed by atoms with van der Waals surface area (Å²) in [5, 5.41) is 3.36. The molecule has 0 unspecified atom stereocenters. The highest BCUT2D eigenvalue weighted by atomic mass is 32.2. The summed E-state index contributed by atoms with van der Waals surface area (Å²) in [6.45, 7) is 0.913. The quantitative estimate of drug-likeness (QED) is 0.800. The summed E-state index contributed by atoms with van der Waals surface area (Å²) in [7, 11) is 0. The third-order valence-corrected chi connectivity index (χ3v) is 3.47. The van der Waals surface area contributed by atoms with Crippen LogP contribution >= 0.6 is 11.8 Å². The second-order valence-corrected chi connectivity index (χ2v) is 4.54. The largest absolute Gasteiger partial charge is 0.416 e. The van der Waals surface area contributed by atoms with Crippen LogP contribution in [0.3, 0.4) is 0 Å². The summed E-state index contributed by atoms with van der Waals surface area (Å²) >= 11 is 1.72. The molecular weight excluding hydrogens is 223 g/mol. The van der Waals surface area contributed by atoms with Crippen molar-refractivity contribution in [2.24, 2.45) is 0 Å². The Hall–Kier alpha value is -0.680. The summed E-state index contributed by atoms with van der Waals surface area (Å²) in [6, 6.07) is 5.35. The molecule has 0 bridgehead atoms. The van der Waals surface area contributed by atoms with E-state index in [1.165, 1.54) is 0 Å². The molecule has 1 saturated heterocycles. The van der Waals surface area contributed by atoms with E-state index in [4.69, 9.17) is 0 Å². The van der Waals surface area contributed by atoms with Gasteiger partial charge in [0.1, 0.15) is 0 Å². The molecule has 1 aliphatic heterocycles. The summed E-state index contributed by atoms with van der Waals surface area (Å²) in [5.41, 5.74) is 0.319. The van der Waals surface area contributed by atoms with E-state index in [0.29, 0.717) is 0 Å². The lowest BCUT2D eigenvalue weighted by Gasteiger charge is -2.11. The lowest BCUT2D eigenvalue weighted by Crippen LogP contribution is -2.12. The maximum Gasteiger partial charge on any atom is 0.416 e. The molecule has 0 radical (unpaired) electrons. The number of halogens is 3. The van der Waals surface area contributed by atoms with Crippen LogP contribution in [0.15, 0.2) is 24.3 Å². The van der Waals surface area contributed by atoms with E-state index in [9.17, 15) is 13.2 Å². The average molecular weight is 233 g/mol. The molecule has 1 aromatic rings. The molecule has 1 atom stereocenters. The third kappa shape index (κ3) is 2.46. The number of alkyl halides is 3. The predicted octanol–water partition coefficient (Wildman–Crippen LogP) is 3.04. The van der Waals surface area contributed by atoms with Crippen LogP contribution < -0.4 is 5.32 Å². The Balaban J connectivity index is 2.16.